The number of halogens is 1. The van der Waals surface area contributed by atoms with Gasteiger partial charge in [0.2, 0.25) is 0 Å². The molecule has 5 nitrogen and oxygen atoms in total. The van der Waals surface area contributed by atoms with Gasteiger partial charge in [0, 0.05) is 5.56 Å². The van der Waals surface area contributed by atoms with Gasteiger partial charge in [-0.05, 0) is 29.8 Å². The van der Waals surface area contributed by atoms with Crippen LogP contribution in [-0.4, -0.2) is 17.3 Å². The van der Waals surface area contributed by atoms with E-state index in [4.69, 9.17) is 33.3 Å². The molecule has 1 aliphatic heterocycles. The summed E-state index contributed by atoms with van der Waals surface area (Å²) < 4.78 is 11.6. The van der Waals surface area contributed by atoms with Crippen molar-refractivity contribution in [2.75, 3.05) is 7.11 Å². The lowest BCUT2D eigenvalue weighted by atomic mass is 10.1. The Morgan fingerprint density at radius 3 is 2.81 bits per heavy atom. The molecule has 1 heterocycles. The molecular formula is C19H13ClN2O3S2. The molecule has 8 heteroatoms. The SMILES string of the molecule is COc1cc(/C=C2/SC(=S)NC2=O)cc(Cl)c1OCc1ccccc1C#N. The van der Waals surface area contributed by atoms with E-state index in [0.717, 1.165) is 5.56 Å². The summed E-state index contributed by atoms with van der Waals surface area (Å²) >= 11 is 12.5. The van der Waals surface area contributed by atoms with Crippen LogP contribution in [0.15, 0.2) is 41.3 Å². The summed E-state index contributed by atoms with van der Waals surface area (Å²) in [6, 6.07) is 12.7. The van der Waals surface area contributed by atoms with Crippen LogP contribution in [0, 0.1) is 11.3 Å². The molecule has 2 aromatic carbocycles. The Morgan fingerprint density at radius 1 is 1.37 bits per heavy atom. The minimum Gasteiger partial charge on any atom is -0.493 e. The van der Waals surface area contributed by atoms with Crippen LogP contribution in [0.1, 0.15) is 16.7 Å². The third-order valence-corrected chi connectivity index (χ3v) is 5.14. The maximum absolute atomic E-state index is 11.8. The first kappa shape index (κ1) is 19.2. The second-order valence-electron chi connectivity index (χ2n) is 5.44. The van der Waals surface area contributed by atoms with Crippen molar-refractivity contribution in [1.29, 1.82) is 5.26 Å². The molecule has 0 unspecified atom stereocenters. The Labute approximate surface area is 170 Å². The number of thioether (sulfide) groups is 1. The van der Waals surface area contributed by atoms with E-state index in [0.29, 0.717) is 36.9 Å². The number of nitrogens with zero attached hydrogens (tertiary/aromatic N) is 1. The molecule has 1 saturated heterocycles. The molecule has 136 valence electrons. The number of rotatable bonds is 5. The summed E-state index contributed by atoms with van der Waals surface area (Å²) in [5.74, 6) is 0.552. The van der Waals surface area contributed by atoms with Crippen molar-refractivity contribution in [3.63, 3.8) is 0 Å². The minimum absolute atomic E-state index is 0.173. The van der Waals surface area contributed by atoms with Gasteiger partial charge in [-0.15, -0.1) is 0 Å². The zero-order chi connectivity index (χ0) is 19.4. The van der Waals surface area contributed by atoms with E-state index in [2.05, 4.69) is 11.4 Å². The first-order valence-electron chi connectivity index (χ1n) is 7.75. The van der Waals surface area contributed by atoms with Crippen molar-refractivity contribution in [2.45, 2.75) is 6.61 Å². The molecule has 3 rings (SSSR count). The van der Waals surface area contributed by atoms with Crippen molar-refractivity contribution in [3.05, 3.63) is 63.0 Å². The van der Waals surface area contributed by atoms with Gasteiger partial charge in [-0.25, -0.2) is 0 Å². The number of thiocarbonyl (C=S) groups is 1. The average Bonchev–Trinajstić information content (AvgIpc) is 2.97. The molecule has 0 atom stereocenters. The van der Waals surface area contributed by atoms with E-state index in [1.54, 1.807) is 30.3 Å². The highest BCUT2D eigenvalue weighted by Crippen LogP contribution is 2.38. The molecule has 1 fully saturated rings. The molecule has 1 amide bonds. The molecule has 0 aliphatic carbocycles. The van der Waals surface area contributed by atoms with Crippen LogP contribution in [0.2, 0.25) is 5.02 Å². The van der Waals surface area contributed by atoms with Crippen LogP contribution in [-0.2, 0) is 11.4 Å². The number of hydrogen-bond acceptors (Lipinski definition) is 6. The summed E-state index contributed by atoms with van der Waals surface area (Å²) in [5.41, 5.74) is 1.97. The van der Waals surface area contributed by atoms with Crippen molar-refractivity contribution in [2.24, 2.45) is 0 Å². The van der Waals surface area contributed by atoms with Crippen LogP contribution in [0.4, 0.5) is 0 Å². The lowest BCUT2D eigenvalue weighted by molar-refractivity contribution is -0.115. The maximum Gasteiger partial charge on any atom is 0.263 e. The van der Waals surface area contributed by atoms with Gasteiger partial charge in [-0.2, -0.15) is 5.26 Å². The summed E-state index contributed by atoms with van der Waals surface area (Å²) in [4.78, 5) is 12.3. The summed E-state index contributed by atoms with van der Waals surface area (Å²) in [7, 11) is 1.50. The zero-order valence-electron chi connectivity index (χ0n) is 14.1. The van der Waals surface area contributed by atoms with Crippen molar-refractivity contribution < 1.29 is 14.3 Å². The fraction of sp³-hybridized carbons (Fsp3) is 0.105. The van der Waals surface area contributed by atoms with Crippen LogP contribution in [0.25, 0.3) is 6.08 Å². The molecule has 0 radical (unpaired) electrons. The number of nitriles is 1. The van der Waals surface area contributed by atoms with Crippen LogP contribution >= 0.6 is 35.6 Å². The third kappa shape index (κ3) is 4.42. The maximum atomic E-state index is 11.8. The summed E-state index contributed by atoms with van der Waals surface area (Å²) in [5, 5.41) is 12.1. The molecule has 1 aliphatic rings. The monoisotopic (exact) mass is 416 g/mol. The van der Waals surface area contributed by atoms with Crippen molar-refractivity contribution in [1.82, 2.24) is 5.32 Å². The van der Waals surface area contributed by atoms with E-state index in [9.17, 15) is 10.1 Å². The number of methoxy groups -OCH3 is 1. The quantitative estimate of drug-likeness (QED) is 0.579. The minimum atomic E-state index is -0.242. The van der Waals surface area contributed by atoms with Crippen LogP contribution in [0.5, 0.6) is 11.5 Å². The molecular weight excluding hydrogens is 404 g/mol. The van der Waals surface area contributed by atoms with Crippen molar-refractivity contribution >= 4 is 51.9 Å². The van der Waals surface area contributed by atoms with Crippen LogP contribution < -0.4 is 14.8 Å². The predicted octanol–water partition coefficient (Wildman–Crippen LogP) is 4.29. The van der Waals surface area contributed by atoms with Gasteiger partial charge in [0.25, 0.3) is 5.91 Å². The van der Waals surface area contributed by atoms with E-state index >= 15 is 0 Å². The van der Waals surface area contributed by atoms with Gasteiger partial charge < -0.3 is 14.8 Å². The summed E-state index contributed by atoms with van der Waals surface area (Å²) in [6.07, 6.45) is 1.68. The molecule has 0 aromatic heterocycles. The summed E-state index contributed by atoms with van der Waals surface area (Å²) in [6.45, 7) is 0.173. The normalized spacial score (nSPS) is 14.8. The number of amides is 1. The second-order valence-corrected chi connectivity index (χ2v) is 7.57. The molecule has 0 spiro atoms. The van der Waals surface area contributed by atoms with Crippen molar-refractivity contribution in [3.8, 4) is 17.6 Å². The first-order valence-corrected chi connectivity index (χ1v) is 9.35. The molecule has 0 bridgehead atoms. The van der Waals surface area contributed by atoms with Gasteiger partial charge in [-0.3, -0.25) is 4.79 Å². The highest BCUT2D eigenvalue weighted by atomic mass is 35.5. The zero-order valence-corrected chi connectivity index (χ0v) is 16.5. The van der Waals surface area contributed by atoms with Gasteiger partial charge in [0.05, 0.1) is 28.7 Å². The Morgan fingerprint density at radius 2 is 2.15 bits per heavy atom. The number of nitrogens with one attached hydrogen (secondary N) is 1. The Kier molecular flexibility index (Phi) is 6.01. The largest absolute Gasteiger partial charge is 0.493 e. The Balaban J connectivity index is 1.87. The number of carbonyl (C=O) groups excluding carboxylic acids is 1. The smallest absolute Gasteiger partial charge is 0.263 e. The van der Waals surface area contributed by atoms with Gasteiger partial charge in [0.15, 0.2) is 11.5 Å². The second kappa shape index (κ2) is 8.44. The average molecular weight is 417 g/mol. The number of carbonyl (C=O) groups is 1. The third-order valence-electron chi connectivity index (χ3n) is 3.70. The fourth-order valence-corrected chi connectivity index (χ4v) is 3.76. The number of hydrogen-bond donors (Lipinski definition) is 1. The predicted molar refractivity (Wildman–Crippen MR) is 110 cm³/mol. The lowest BCUT2D eigenvalue weighted by Gasteiger charge is -2.14. The van der Waals surface area contributed by atoms with E-state index in [1.807, 2.05) is 12.1 Å². The lowest BCUT2D eigenvalue weighted by Crippen LogP contribution is -2.17. The van der Waals surface area contributed by atoms with Gasteiger partial charge >= 0.3 is 0 Å². The highest BCUT2D eigenvalue weighted by Gasteiger charge is 2.22. The molecule has 27 heavy (non-hydrogen) atoms. The standard InChI is InChI=1S/C19H13ClN2O3S2/c1-24-15-7-11(8-16-18(23)22-19(26)27-16)6-14(20)17(15)25-10-13-5-3-2-4-12(13)9-21/h2-8H,10H2,1H3,(H,22,23,26)/b16-8+. The van der Waals surface area contributed by atoms with E-state index < -0.39 is 0 Å². The van der Waals surface area contributed by atoms with E-state index in [1.165, 1.54) is 18.9 Å². The van der Waals surface area contributed by atoms with Gasteiger partial charge in [0.1, 0.15) is 10.9 Å². The molecule has 2 aromatic rings. The van der Waals surface area contributed by atoms with Crippen LogP contribution in [0.3, 0.4) is 0 Å². The Hall–Kier alpha value is -2.53. The Bertz CT molecular complexity index is 999. The molecule has 1 N–H and O–H groups in total. The highest BCUT2D eigenvalue weighted by molar-refractivity contribution is 8.26. The van der Waals surface area contributed by atoms with E-state index in [-0.39, 0.29) is 12.5 Å². The fourth-order valence-electron chi connectivity index (χ4n) is 2.44. The van der Waals surface area contributed by atoms with Gasteiger partial charge in [-0.1, -0.05) is 53.8 Å². The topological polar surface area (TPSA) is 71.3 Å². The molecule has 0 saturated carbocycles. The number of benzene rings is 2. The first-order chi connectivity index (χ1) is 13.0. The number of ether oxygens (including phenoxy) is 2.